The van der Waals surface area contributed by atoms with Crippen molar-refractivity contribution in [1.29, 1.82) is 0 Å². The van der Waals surface area contributed by atoms with Crippen LogP contribution in [0.3, 0.4) is 0 Å². The number of imide groups is 2. The van der Waals surface area contributed by atoms with E-state index in [4.69, 9.17) is 9.47 Å². The first-order chi connectivity index (χ1) is 27.1. The number of ether oxygens (including phenoxy) is 2. The Morgan fingerprint density at radius 3 is 1.62 bits per heavy atom. The lowest BCUT2D eigenvalue weighted by molar-refractivity contribution is -0.167. The molecule has 0 radical (unpaired) electrons. The van der Waals surface area contributed by atoms with Crippen LogP contribution in [-0.2, 0) is 14.3 Å². The van der Waals surface area contributed by atoms with Crippen LogP contribution in [0.4, 0.5) is 0 Å². The predicted molar refractivity (Wildman–Crippen MR) is 221 cm³/mol. The van der Waals surface area contributed by atoms with E-state index in [1.54, 1.807) is 6.07 Å². The van der Waals surface area contributed by atoms with Crippen molar-refractivity contribution in [3.05, 3.63) is 69.8 Å². The molecular weight excluding hydrogens is 705 g/mol. The molecule has 2 aliphatic rings. The molecule has 0 spiro atoms. The Bertz CT molecular complexity index is 2370. The van der Waals surface area contributed by atoms with Gasteiger partial charge in [-0.2, -0.15) is 0 Å². The van der Waals surface area contributed by atoms with Crippen LogP contribution in [0.5, 0.6) is 0 Å². The minimum absolute atomic E-state index is 0.261. The molecule has 0 saturated carbocycles. The topological polar surface area (TPSA) is 110 Å². The monoisotopic (exact) mass is 758 g/mol. The lowest BCUT2D eigenvalue weighted by Gasteiger charge is -2.35. The van der Waals surface area contributed by atoms with Gasteiger partial charge in [0.05, 0.1) is 0 Å². The van der Waals surface area contributed by atoms with Gasteiger partial charge in [-0.1, -0.05) is 90.7 Å². The highest BCUT2D eigenvalue weighted by Gasteiger charge is 2.42. The molecule has 7 rings (SSSR count). The van der Waals surface area contributed by atoms with Crippen molar-refractivity contribution in [1.82, 2.24) is 9.80 Å². The van der Waals surface area contributed by atoms with Gasteiger partial charge < -0.3 is 9.47 Å². The molecule has 56 heavy (non-hydrogen) atoms. The van der Waals surface area contributed by atoms with Crippen LogP contribution in [0.1, 0.15) is 157 Å². The fourth-order valence-electron chi connectivity index (χ4n) is 9.26. The van der Waals surface area contributed by atoms with Crippen molar-refractivity contribution >= 4 is 72.7 Å². The Labute approximate surface area is 329 Å². The summed E-state index contributed by atoms with van der Waals surface area (Å²) in [5.74, 6) is -2.13. The average Bonchev–Trinajstić information content (AvgIpc) is 3.18. The SMILES string of the molecule is CCCCCCCCN1C(=O)c2ccc3c4c(C)cc5c6c(ccc(c7c(C)cc(c2c37)C1=O)c64)C(=O)N(C(CCCCCCC)OC(=O)C(CC)OC)C5=O. The molecule has 9 heteroatoms. The Morgan fingerprint density at radius 2 is 1.07 bits per heavy atom. The maximum Gasteiger partial charge on any atom is 0.337 e. The van der Waals surface area contributed by atoms with E-state index in [1.807, 2.05) is 51.1 Å². The Balaban J connectivity index is 1.34. The second-order valence-corrected chi connectivity index (χ2v) is 15.8. The number of nitrogens with zero attached hydrogens (tertiary/aromatic N) is 2. The van der Waals surface area contributed by atoms with Crippen LogP contribution in [0.25, 0.3) is 43.1 Å². The van der Waals surface area contributed by atoms with Gasteiger partial charge in [-0.3, -0.25) is 24.1 Å². The summed E-state index contributed by atoms with van der Waals surface area (Å²) in [4.78, 5) is 73.2. The average molecular weight is 759 g/mol. The van der Waals surface area contributed by atoms with E-state index in [0.29, 0.717) is 58.8 Å². The summed E-state index contributed by atoms with van der Waals surface area (Å²) in [6.07, 6.45) is 9.92. The molecule has 0 aliphatic carbocycles. The fraction of sp³-hybridized carbons (Fsp3) is 0.468. The number of amides is 4. The molecule has 2 heterocycles. The number of benzene rings is 5. The van der Waals surface area contributed by atoms with Crippen molar-refractivity contribution in [2.45, 2.75) is 130 Å². The third-order valence-corrected chi connectivity index (χ3v) is 12.1. The highest BCUT2D eigenvalue weighted by Crippen LogP contribution is 2.48. The van der Waals surface area contributed by atoms with Gasteiger partial charge in [0.2, 0.25) is 0 Å². The van der Waals surface area contributed by atoms with Crippen molar-refractivity contribution < 1.29 is 33.4 Å². The smallest absolute Gasteiger partial charge is 0.337 e. The fourth-order valence-corrected chi connectivity index (χ4v) is 9.26. The third kappa shape index (κ3) is 6.51. The van der Waals surface area contributed by atoms with Gasteiger partial charge in [0.15, 0.2) is 12.3 Å². The first-order valence-electron chi connectivity index (χ1n) is 20.8. The number of carbonyl (C=O) groups is 5. The minimum Gasteiger partial charge on any atom is -0.439 e. The minimum atomic E-state index is -1.08. The van der Waals surface area contributed by atoms with Crippen LogP contribution in [0, 0.1) is 13.8 Å². The maximum absolute atomic E-state index is 14.6. The molecule has 0 aromatic heterocycles. The molecule has 5 aromatic rings. The normalized spacial score (nSPS) is 15.3. The second-order valence-electron chi connectivity index (χ2n) is 15.8. The molecule has 0 bridgehead atoms. The Hall–Kier alpha value is -4.89. The molecule has 4 amide bonds. The standard InChI is InChI=1S/C47H54N2O7/c1-7-10-12-14-16-18-24-48-43(50)31-22-20-29-38-28(5)26-34-40-32(23-21-30(42(38)40)37-27(4)25-33(44(48)51)39(31)41(29)37)45(52)49(46(34)53)36(19-17-15-13-11-8-2)56-47(54)35(9-3)55-6/h20-23,25-26,35-36H,7-19,24H2,1-6H3. The van der Waals surface area contributed by atoms with Crippen molar-refractivity contribution in [3.63, 3.8) is 0 Å². The second kappa shape index (κ2) is 16.3. The summed E-state index contributed by atoms with van der Waals surface area (Å²) in [6, 6.07) is 11.2. The van der Waals surface area contributed by atoms with E-state index in [9.17, 15) is 24.0 Å². The van der Waals surface area contributed by atoms with Crippen LogP contribution in [0.2, 0.25) is 0 Å². The summed E-state index contributed by atoms with van der Waals surface area (Å²) >= 11 is 0. The number of unbranched alkanes of at least 4 members (excludes halogenated alkanes) is 9. The Morgan fingerprint density at radius 1 is 0.589 bits per heavy atom. The largest absolute Gasteiger partial charge is 0.439 e. The van der Waals surface area contributed by atoms with E-state index >= 15 is 0 Å². The molecule has 5 aromatic carbocycles. The highest BCUT2D eigenvalue weighted by molar-refractivity contribution is 6.42. The first kappa shape index (κ1) is 39.3. The molecule has 0 fully saturated rings. The number of hydrogen-bond acceptors (Lipinski definition) is 7. The van der Waals surface area contributed by atoms with Crippen molar-refractivity contribution in [3.8, 4) is 0 Å². The number of methoxy groups -OCH3 is 1. The zero-order valence-electron chi connectivity index (χ0n) is 33.8. The molecule has 294 valence electrons. The summed E-state index contributed by atoms with van der Waals surface area (Å²) in [5.41, 5.74) is 3.51. The number of fused-ring (bicyclic) bond motifs is 2. The van der Waals surface area contributed by atoms with Crippen LogP contribution < -0.4 is 0 Å². The predicted octanol–water partition coefficient (Wildman–Crippen LogP) is 10.6. The zero-order valence-corrected chi connectivity index (χ0v) is 33.8. The molecule has 2 aliphatic heterocycles. The lowest BCUT2D eigenvalue weighted by Crippen LogP contribution is -2.50. The van der Waals surface area contributed by atoms with Crippen LogP contribution in [-0.4, -0.2) is 65.4 Å². The lowest BCUT2D eigenvalue weighted by atomic mass is 9.79. The highest BCUT2D eigenvalue weighted by atomic mass is 16.6. The molecule has 9 nitrogen and oxygen atoms in total. The molecule has 0 saturated heterocycles. The number of esters is 1. The number of rotatable bonds is 18. The van der Waals surface area contributed by atoms with Gasteiger partial charge in [-0.05, 0) is 101 Å². The van der Waals surface area contributed by atoms with Gasteiger partial charge in [0, 0.05) is 53.1 Å². The van der Waals surface area contributed by atoms with E-state index in [-0.39, 0.29) is 11.8 Å². The molecule has 2 unspecified atom stereocenters. The van der Waals surface area contributed by atoms with Gasteiger partial charge in [-0.15, -0.1) is 0 Å². The van der Waals surface area contributed by atoms with Crippen molar-refractivity contribution in [2.75, 3.05) is 13.7 Å². The number of aryl methyl sites for hydroxylation is 2. The van der Waals surface area contributed by atoms with Gasteiger partial charge in [0.25, 0.3) is 23.6 Å². The van der Waals surface area contributed by atoms with Crippen LogP contribution in [0.15, 0.2) is 36.4 Å². The van der Waals surface area contributed by atoms with E-state index in [2.05, 4.69) is 13.8 Å². The Kier molecular flexibility index (Phi) is 11.5. The number of carbonyl (C=O) groups excluding carboxylic acids is 5. The number of hydrogen-bond donors (Lipinski definition) is 0. The maximum atomic E-state index is 14.6. The van der Waals surface area contributed by atoms with Crippen molar-refractivity contribution in [2.24, 2.45) is 0 Å². The summed E-state index contributed by atoms with van der Waals surface area (Å²) in [7, 11) is 1.45. The summed E-state index contributed by atoms with van der Waals surface area (Å²) in [5, 5.41) is 6.39. The third-order valence-electron chi connectivity index (χ3n) is 12.1. The van der Waals surface area contributed by atoms with Gasteiger partial charge in [0.1, 0.15) is 0 Å². The van der Waals surface area contributed by atoms with Gasteiger partial charge in [-0.25, -0.2) is 9.69 Å². The zero-order chi connectivity index (χ0) is 39.8. The first-order valence-corrected chi connectivity index (χ1v) is 20.8. The van der Waals surface area contributed by atoms with Crippen LogP contribution >= 0.6 is 0 Å². The molecular formula is C47H54N2O7. The summed E-state index contributed by atoms with van der Waals surface area (Å²) < 4.78 is 11.3. The van der Waals surface area contributed by atoms with E-state index in [0.717, 1.165) is 106 Å². The molecule has 0 N–H and O–H groups in total. The molecule has 2 atom stereocenters. The van der Waals surface area contributed by atoms with E-state index < -0.39 is 30.1 Å². The van der Waals surface area contributed by atoms with E-state index in [1.165, 1.54) is 18.4 Å². The summed E-state index contributed by atoms with van der Waals surface area (Å²) in [6.45, 7) is 10.5. The van der Waals surface area contributed by atoms with Gasteiger partial charge >= 0.3 is 5.97 Å². The quantitative estimate of drug-likeness (QED) is 0.0288.